The third-order valence-corrected chi connectivity index (χ3v) is 7.70. The van der Waals surface area contributed by atoms with E-state index in [1.165, 1.54) is 0 Å². The molecule has 3 aliphatic rings. The van der Waals surface area contributed by atoms with Crippen LogP contribution in [0.5, 0.6) is 0 Å². The summed E-state index contributed by atoms with van der Waals surface area (Å²) in [6.07, 6.45) is 2.43. The molecule has 4 rings (SSSR count). The van der Waals surface area contributed by atoms with Gasteiger partial charge in [-0.15, -0.1) is 0 Å². The minimum atomic E-state index is -3.20. The summed E-state index contributed by atoms with van der Waals surface area (Å²) in [5.74, 6) is -1.09. The zero-order valence-electron chi connectivity index (χ0n) is 17.2. The van der Waals surface area contributed by atoms with Crippen molar-refractivity contribution < 1.29 is 22.8 Å². The van der Waals surface area contributed by atoms with Crippen molar-refractivity contribution >= 4 is 33.3 Å². The smallest absolute Gasteiger partial charge is 0.268 e. The van der Waals surface area contributed by atoms with E-state index in [1.807, 2.05) is 18.2 Å². The molecule has 1 N–H and O–H groups in total. The molecule has 0 aliphatic carbocycles. The molecule has 3 heterocycles. The van der Waals surface area contributed by atoms with Crippen molar-refractivity contribution in [2.24, 2.45) is 5.10 Å². The van der Waals surface area contributed by atoms with Gasteiger partial charge in [-0.3, -0.25) is 14.4 Å². The lowest BCUT2D eigenvalue weighted by Gasteiger charge is -2.29. The number of hydrogen-bond donors (Lipinski definition) is 1. The van der Waals surface area contributed by atoms with Crippen LogP contribution in [0.15, 0.2) is 35.4 Å². The average Bonchev–Trinajstić information content (AvgIpc) is 3.42. The van der Waals surface area contributed by atoms with Crippen molar-refractivity contribution in [3.63, 3.8) is 0 Å². The molecule has 10 heteroatoms. The van der Waals surface area contributed by atoms with Gasteiger partial charge in [-0.25, -0.2) is 13.4 Å². The number of carbonyl (C=O) groups is 3. The molecule has 0 bridgehead atoms. The molecule has 3 amide bonds. The molecule has 2 saturated heterocycles. The number of hydrogen-bond acceptors (Lipinski definition) is 6. The van der Waals surface area contributed by atoms with Crippen LogP contribution in [0.3, 0.4) is 0 Å². The molecule has 0 radical (unpaired) electrons. The number of hydrazone groups is 1. The van der Waals surface area contributed by atoms with Crippen molar-refractivity contribution in [2.45, 2.75) is 44.2 Å². The monoisotopic (exact) mass is 446 g/mol. The Morgan fingerprint density at radius 1 is 1.10 bits per heavy atom. The van der Waals surface area contributed by atoms with E-state index in [4.69, 9.17) is 0 Å². The van der Waals surface area contributed by atoms with Crippen LogP contribution >= 0.6 is 0 Å². The number of likely N-dealkylation sites (tertiary alicyclic amines) is 1. The topological polar surface area (TPSA) is 116 Å². The Balaban J connectivity index is 1.54. The van der Waals surface area contributed by atoms with Gasteiger partial charge in [0.15, 0.2) is 9.84 Å². The fourth-order valence-electron chi connectivity index (χ4n) is 4.26. The fraction of sp³-hybridized carbons (Fsp3) is 0.524. The van der Waals surface area contributed by atoms with Gasteiger partial charge in [0.1, 0.15) is 11.8 Å². The highest BCUT2D eigenvalue weighted by Crippen LogP contribution is 2.23. The van der Waals surface area contributed by atoms with Crippen molar-refractivity contribution in [1.29, 1.82) is 0 Å². The van der Waals surface area contributed by atoms with Crippen molar-refractivity contribution in [1.82, 2.24) is 15.2 Å². The Kier molecular flexibility index (Phi) is 6.08. The highest BCUT2D eigenvalue weighted by molar-refractivity contribution is 7.91. The summed E-state index contributed by atoms with van der Waals surface area (Å²) < 4.78 is 23.6. The first-order chi connectivity index (χ1) is 14.8. The Morgan fingerprint density at radius 3 is 2.45 bits per heavy atom. The Hall–Kier alpha value is -2.75. The fourth-order valence-corrected chi connectivity index (χ4v) is 5.95. The molecule has 3 aliphatic heterocycles. The lowest BCUT2D eigenvalue weighted by molar-refractivity contribution is -0.135. The highest BCUT2D eigenvalue weighted by atomic mass is 32.2. The van der Waals surface area contributed by atoms with Crippen molar-refractivity contribution in [2.75, 3.05) is 24.6 Å². The summed E-state index contributed by atoms with van der Waals surface area (Å²) in [4.78, 5) is 40.2. The molecule has 0 saturated carbocycles. The van der Waals surface area contributed by atoms with Crippen molar-refractivity contribution in [3.8, 4) is 0 Å². The minimum Gasteiger partial charge on any atom is -0.341 e. The number of benzene rings is 1. The van der Waals surface area contributed by atoms with E-state index in [2.05, 4.69) is 10.4 Å². The summed E-state index contributed by atoms with van der Waals surface area (Å²) >= 11 is 0. The summed E-state index contributed by atoms with van der Waals surface area (Å²) in [7, 11) is -3.20. The van der Waals surface area contributed by atoms with Gasteiger partial charge in [0.05, 0.1) is 17.5 Å². The van der Waals surface area contributed by atoms with Crippen LogP contribution in [-0.2, 0) is 24.2 Å². The van der Waals surface area contributed by atoms with Crippen LogP contribution in [0.25, 0.3) is 0 Å². The van der Waals surface area contributed by atoms with Gasteiger partial charge >= 0.3 is 0 Å². The first-order valence-electron chi connectivity index (χ1n) is 10.6. The number of rotatable bonds is 5. The molecular formula is C21H26N4O5S. The van der Waals surface area contributed by atoms with Crippen LogP contribution in [0.2, 0.25) is 0 Å². The number of nitrogens with one attached hydrogen (secondary N) is 1. The molecule has 0 aromatic heterocycles. The van der Waals surface area contributed by atoms with E-state index in [0.717, 1.165) is 17.9 Å². The zero-order valence-corrected chi connectivity index (χ0v) is 18.0. The molecular weight excluding hydrogens is 420 g/mol. The third-order valence-electron chi connectivity index (χ3n) is 5.95. The lowest BCUT2D eigenvalue weighted by atomic mass is 10.0. The molecule has 166 valence electrons. The molecule has 9 nitrogen and oxygen atoms in total. The molecule has 1 aromatic carbocycles. The third kappa shape index (κ3) is 4.79. The average molecular weight is 447 g/mol. The van der Waals surface area contributed by atoms with Crippen LogP contribution in [0, 0.1) is 0 Å². The zero-order chi connectivity index (χ0) is 22.0. The summed E-state index contributed by atoms with van der Waals surface area (Å²) in [6, 6.07) is 7.66. The second-order valence-corrected chi connectivity index (χ2v) is 10.4. The van der Waals surface area contributed by atoms with Gasteiger partial charge in [-0.2, -0.15) is 5.10 Å². The quantitative estimate of drug-likeness (QED) is 0.712. The molecule has 2 fully saturated rings. The maximum Gasteiger partial charge on any atom is 0.268 e. The molecule has 1 aromatic rings. The largest absolute Gasteiger partial charge is 0.341 e. The predicted molar refractivity (Wildman–Crippen MR) is 114 cm³/mol. The molecule has 0 unspecified atom stereocenters. The first-order valence-corrected chi connectivity index (χ1v) is 12.4. The summed E-state index contributed by atoms with van der Waals surface area (Å²) in [5.41, 5.74) is 0.818. The SMILES string of the molecule is O=C(N[C@H](C(=O)N1CCCC1)c1ccccc1)C1=NN([C@@H]2CCS(=O)(=O)C2)C(=O)CC1. The van der Waals surface area contributed by atoms with Gasteiger partial charge in [-0.05, 0) is 24.8 Å². The number of sulfone groups is 1. The van der Waals surface area contributed by atoms with Gasteiger partial charge in [-0.1, -0.05) is 30.3 Å². The van der Waals surface area contributed by atoms with Crippen molar-refractivity contribution in [3.05, 3.63) is 35.9 Å². The van der Waals surface area contributed by atoms with E-state index in [9.17, 15) is 22.8 Å². The Morgan fingerprint density at radius 2 is 1.81 bits per heavy atom. The van der Waals surface area contributed by atoms with E-state index < -0.39 is 27.8 Å². The number of nitrogens with zero attached hydrogens (tertiary/aromatic N) is 3. The predicted octanol–water partition coefficient (Wildman–Crippen LogP) is 0.632. The van der Waals surface area contributed by atoms with E-state index in [-0.39, 0.29) is 41.9 Å². The maximum absolute atomic E-state index is 13.1. The maximum atomic E-state index is 13.1. The van der Waals surface area contributed by atoms with Crippen LogP contribution in [0.4, 0.5) is 0 Å². The van der Waals surface area contributed by atoms with Gasteiger partial charge < -0.3 is 10.2 Å². The lowest BCUT2D eigenvalue weighted by Crippen LogP contribution is -2.47. The second kappa shape index (κ2) is 8.78. The minimum absolute atomic E-state index is 0.0128. The van der Waals surface area contributed by atoms with Gasteiger partial charge in [0, 0.05) is 25.9 Å². The first kappa shape index (κ1) is 21.5. The van der Waals surface area contributed by atoms with Gasteiger partial charge in [0.2, 0.25) is 11.8 Å². The van der Waals surface area contributed by atoms with E-state index >= 15 is 0 Å². The second-order valence-electron chi connectivity index (χ2n) is 8.19. The molecule has 2 atom stereocenters. The summed E-state index contributed by atoms with van der Waals surface area (Å²) in [5, 5.41) is 8.17. The van der Waals surface area contributed by atoms with Crippen LogP contribution in [0.1, 0.15) is 43.7 Å². The Labute approximate surface area is 181 Å². The number of carbonyl (C=O) groups excluding carboxylic acids is 3. The van der Waals surface area contributed by atoms with E-state index in [0.29, 0.717) is 25.1 Å². The molecule has 31 heavy (non-hydrogen) atoms. The van der Waals surface area contributed by atoms with Gasteiger partial charge in [0.25, 0.3) is 5.91 Å². The summed E-state index contributed by atoms with van der Waals surface area (Å²) in [6.45, 7) is 1.33. The van der Waals surface area contributed by atoms with Crippen LogP contribution in [-0.4, -0.2) is 72.4 Å². The normalized spacial score (nSPS) is 24.1. The van der Waals surface area contributed by atoms with Crippen LogP contribution < -0.4 is 5.32 Å². The van der Waals surface area contributed by atoms with E-state index in [1.54, 1.807) is 17.0 Å². The number of amides is 3. The molecule has 0 spiro atoms. The highest BCUT2D eigenvalue weighted by Gasteiger charge is 2.38. The standard InChI is InChI=1S/C21H26N4O5S/c26-18-9-8-17(23-25(18)16-10-13-31(29,30)14-16)20(27)22-19(15-6-2-1-3-7-15)21(28)24-11-4-5-12-24/h1-3,6-7,16,19H,4-5,8-14H2,(H,22,27)/t16-,19+/m1/s1. The Bertz CT molecular complexity index is 1000.